The molecule has 2 heterocycles. The second kappa shape index (κ2) is 5.46. The predicted octanol–water partition coefficient (Wildman–Crippen LogP) is 2.70. The summed E-state index contributed by atoms with van der Waals surface area (Å²) in [6.07, 6.45) is 0. The first-order chi connectivity index (χ1) is 9.24. The fourth-order valence-corrected chi connectivity index (χ4v) is 2.25. The van der Waals surface area contributed by atoms with Gasteiger partial charge in [-0.25, -0.2) is 0 Å². The van der Waals surface area contributed by atoms with Crippen molar-refractivity contribution >= 4 is 23.2 Å². The molecular formula is C12H11Cl2N3O2. The monoisotopic (exact) mass is 299 g/mol. The van der Waals surface area contributed by atoms with Crippen molar-refractivity contribution in [1.82, 2.24) is 15.5 Å². The summed E-state index contributed by atoms with van der Waals surface area (Å²) in [5.74, 6) is 0.917. The van der Waals surface area contributed by atoms with E-state index in [1.807, 2.05) is 0 Å². The second-order valence-electron chi connectivity index (χ2n) is 4.16. The maximum Gasteiger partial charge on any atom is 0.259 e. The Labute approximate surface area is 119 Å². The first-order valence-corrected chi connectivity index (χ1v) is 6.60. The zero-order valence-corrected chi connectivity index (χ0v) is 11.4. The largest absolute Gasteiger partial charge is 0.378 e. The lowest BCUT2D eigenvalue weighted by Crippen LogP contribution is -2.35. The SMILES string of the molecule is Clc1ccc(Cl)c(-c2nc([C@H]3COCCN3)no2)c1. The van der Waals surface area contributed by atoms with Gasteiger partial charge in [-0.1, -0.05) is 28.4 Å². The number of aromatic nitrogens is 2. The number of hydrogen-bond donors (Lipinski definition) is 1. The number of rotatable bonds is 2. The maximum absolute atomic E-state index is 6.10. The molecule has 1 aromatic carbocycles. The van der Waals surface area contributed by atoms with Crippen LogP contribution in [-0.2, 0) is 4.74 Å². The van der Waals surface area contributed by atoms with Crippen LogP contribution < -0.4 is 5.32 Å². The minimum atomic E-state index is -0.0517. The van der Waals surface area contributed by atoms with Gasteiger partial charge in [0.1, 0.15) is 0 Å². The summed E-state index contributed by atoms with van der Waals surface area (Å²) in [5, 5.41) is 8.30. The molecule has 0 aliphatic carbocycles. The highest BCUT2D eigenvalue weighted by Gasteiger charge is 2.22. The molecular weight excluding hydrogens is 289 g/mol. The van der Waals surface area contributed by atoms with Gasteiger partial charge in [-0.3, -0.25) is 0 Å². The van der Waals surface area contributed by atoms with E-state index in [-0.39, 0.29) is 6.04 Å². The molecule has 1 aromatic heterocycles. The van der Waals surface area contributed by atoms with Crippen molar-refractivity contribution in [2.24, 2.45) is 0 Å². The summed E-state index contributed by atoms with van der Waals surface area (Å²) in [6.45, 7) is 2.00. The molecule has 0 spiro atoms. The Morgan fingerprint density at radius 3 is 3.00 bits per heavy atom. The summed E-state index contributed by atoms with van der Waals surface area (Å²) < 4.78 is 10.6. The van der Waals surface area contributed by atoms with Gasteiger partial charge in [0.25, 0.3) is 5.89 Å². The lowest BCUT2D eigenvalue weighted by Gasteiger charge is -2.20. The quantitative estimate of drug-likeness (QED) is 0.924. The smallest absolute Gasteiger partial charge is 0.259 e. The first-order valence-electron chi connectivity index (χ1n) is 5.84. The van der Waals surface area contributed by atoms with E-state index in [0.717, 1.165) is 6.54 Å². The summed E-state index contributed by atoms with van der Waals surface area (Å²) in [4.78, 5) is 4.34. The molecule has 0 unspecified atom stereocenters. The minimum Gasteiger partial charge on any atom is -0.378 e. The molecule has 1 atom stereocenters. The van der Waals surface area contributed by atoms with E-state index in [1.165, 1.54) is 0 Å². The van der Waals surface area contributed by atoms with Crippen LogP contribution in [0, 0.1) is 0 Å². The van der Waals surface area contributed by atoms with E-state index >= 15 is 0 Å². The molecule has 1 aliphatic heterocycles. The molecule has 1 N–H and O–H groups in total. The Bertz CT molecular complexity index is 582. The van der Waals surface area contributed by atoms with Gasteiger partial charge in [0, 0.05) is 11.6 Å². The Morgan fingerprint density at radius 2 is 2.21 bits per heavy atom. The number of benzene rings is 1. The van der Waals surface area contributed by atoms with E-state index in [9.17, 15) is 0 Å². The van der Waals surface area contributed by atoms with Crippen LogP contribution in [0.25, 0.3) is 11.5 Å². The lowest BCUT2D eigenvalue weighted by atomic mass is 10.2. The van der Waals surface area contributed by atoms with Crippen molar-refractivity contribution < 1.29 is 9.26 Å². The van der Waals surface area contributed by atoms with E-state index in [0.29, 0.717) is 40.5 Å². The average Bonchev–Trinajstić information content (AvgIpc) is 2.92. The summed E-state index contributed by atoms with van der Waals surface area (Å²) >= 11 is 12.0. The van der Waals surface area contributed by atoms with Crippen LogP contribution in [0.5, 0.6) is 0 Å². The molecule has 0 amide bonds. The first kappa shape index (κ1) is 12.9. The summed E-state index contributed by atoms with van der Waals surface area (Å²) in [6, 6.07) is 5.06. The molecule has 0 bridgehead atoms. The van der Waals surface area contributed by atoms with E-state index < -0.39 is 0 Å². The van der Waals surface area contributed by atoms with Crippen LogP contribution in [0.15, 0.2) is 22.7 Å². The molecule has 0 saturated carbocycles. The third kappa shape index (κ3) is 2.74. The highest BCUT2D eigenvalue weighted by molar-refractivity contribution is 6.35. The molecule has 1 saturated heterocycles. The second-order valence-corrected chi connectivity index (χ2v) is 5.01. The molecule has 0 radical (unpaired) electrons. The molecule has 1 aliphatic rings. The van der Waals surface area contributed by atoms with Crippen molar-refractivity contribution in [3.63, 3.8) is 0 Å². The fourth-order valence-electron chi connectivity index (χ4n) is 1.88. The van der Waals surface area contributed by atoms with Gasteiger partial charge in [-0.2, -0.15) is 4.98 Å². The van der Waals surface area contributed by atoms with Crippen molar-refractivity contribution in [3.8, 4) is 11.5 Å². The number of nitrogens with zero attached hydrogens (tertiary/aromatic N) is 2. The van der Waals surface area contributed by atoms with E-state index in [4.69, 9.17) is 32.5 Å². The van der Waals surface area contributed by atoms with Crippen molar-refractivity contribution in [2.75, 3.05) is 19.8 Å². The van der Waals surface area contributed by atoms with Crippen LogP contribution in [0.1, 0.15) is 11.9 Å². The Morgan fingerprint density at radius 1 is 1.32 bits per heavy atom. The number of ether oxygens (including phenoxy) is 1. The third-order valence-electron chi connectivity index (χ3n) is 2.83. The number of hydrogen-bond acceptors (Lipinski definition) is 5. The standard InChI is InChI=1S/C12H11Cl2N3O2/c13-7-1-2-9(14)8(5-7)12-16-11(17-19-12)10-6-18-4-3-15-10/h1-2,5,10,15H,3-4,6H2/t10-/m1/s1. The minimum absolute atomic E-state index is 0.0517. The normalized spacial score (nSPS) is 19.6. The zero-order valence-electron chi connectivity index (χ0n) is 9.90. The Balaban J connectivity index is 1.89. The Hall–Kier alpha value is -1.14. The molecule has 7 heteroatoms. The highest BCUT2D eigenvalue weighted by Crippen LogP contribution is 2.30. The molecule has 2 aromatic rings. The average molecular weight is 300 g/mol. The van der Waals surface area contributed by atoms with Crippen molar-refractivity contribution in [3.05, 3.63) is 34.1 Å². The van der Waals surface area contributed by atoms with Gasteiger partial charge >= 0.3 is 0 Å². The van der Waals surface area contributed by atoms with Gasteiger partial charge in [0.2, 0.25) is 0 Å². The fraction of sp³-hybridized carbons (Fsp3) is 0.333. The van der Waals surface area contributed by atoms with Crippen LogP contribution >= 0.6 is 23.2 Å². The van der Waals surface area contributed by atoms with Gasteiger partial charge in [-0.15, -0.1) is 0 Å². The number of morpholine rings is 1. The van der Waals surface area contributed by atoms with Crippen LogP contribution in [0.3, 0.4) is 0 Å². The van der Waals surface area contributed by atoms with E-state index in [1.54, 1.807) is 18.2 Å². The predicted molar refractivity (Wildman–Crippen MR) is 71.3 cm³/mol. The van der Waals surface area contributed by atoms with Crippen LogP contribution in [0.2, 0.25) is 10.0 Å². The van der Waals surface area contributed by atoms with Gasteiger partial charge < -0.3 is 14.6 Å². The van der Waals surface area contributed by atoms with Gasteiger partial charge in [0.15, 0.2) is 5.82 Å². The molecule has 5 nitrogen and oxygen atoms in total. The van der Waals surface area contributed by atoms with Gasteiger partial charge in [-0.05, 0) is 18.2 Å². The highest BCUT2D eigenvalue weighted by atomic mass is 35.5. The summed E-state index contributed by atoms with van der Waals surface area (Å²) in [5.41, 5.74) is 0.629. The zero-order chi connectivity index (χ0) is 13.2. The lowest BCUT2D eigenvalue weighted by molar-refractivity contribution is 0.0734. The summed E-state index contributed by atoms with van der Waals surface area (Å²) in [7, 11) is 0. The van der Waals surface area contributed by atoms with Gasteiger partial charge in [0.05, 0.1) is 29.8 Å². The Kier molecular flexibility index (Phi) is 3.70. The molecule has 1 fully saturated rings. The molecule has 19 heavy (non-hydrogen) atoms. The van der Waals surface area contributed by atoms with Crippen LogP contribution in [-0.4, -0.2) is 29.9 Å². The maximum atomic E-state index is 6.10. The molecule has 3 rings (SSSR count). The number of nitrogens with one attached hydrogen (secondary N) is 1. The van der Waals surface area contributed by atoms with Crippen LogP contribution in [0.4, 0.5) is 0 Å². The third-order valence-corrected chi connectivity index (χ3v) is 3.40. The van der Waals surface area contributed by atoms with Crippen molar-refractivity contribution in [2.45, 2.75) is 6.04 Å². The van der Waals surface area contributed by atoms with E-state index in [2.05, 4.69) is 15.5 Å². The topological polar surface area (TPSA) is 60.2 Å². The number of halogens is 2. The molecule has 100 valence electrons. The van der Waals surface area contributed by atoms with Crippen molar-refractivity contribution in [1.29, 1.82) is 0 Å².